The molecule has 0 aliphatic rings. The highest BCUT2D eigenvalue weighted by molar-refractivity contribution is 5.86. The van der Waals surface area contributed by atoms with Crippen molar-refractivity contribution in [2.45, 2.75) is 32.4 Å². The highest BCUT2D eigenvalue weighted by Crippen LogP contribution is 2.07. The third-order valence-electron chi connectivity index (χ3n) is 3.05. The maximum absolute atomic E-state index is 12.3. The molecule has 20 heavy (non-hydrogen) atoms. The number of ether oxygens (including phenoxy) is 1. The molecule has 0 fully saturated rings. The molecule has 5 heteroatoms. The summed E-state index contributed by atoms with van der Waals surface area (Å²) in [5.74, 6) is -0.687. The number of hydrogen-bond acceptors (Lipinski definition) is 4. The molecule has 0 heterocycles. The maximum atomic E-state index is 12.3. The van der Waals surface area contributed by atoms with Crippen molar-refractivity contribution in [1.82, 2.24) is 4.90 Å². The van der Waals surface area contributed by atoms with E-state index in [1.807, 2.05) is 44.2 Å². The normalized spacial score (nSPS) is 12.1. The summed E-state index contributed by atoms with van der Waals surface area (Å²) in [5, 5.41) is 0. The zero-order valence-electron chi connectivity index (χ0n) is 12.2. The molecule has 0 spiro atoms. The standard InChI is InChI=1S/C15H22N2O3/c1-11(2)17(10-14(18)20-3)15(19)13(16)9-12-7-5-4-6-8-12/h4-8,11,13H,9-10,16H2,1-3H3/t13-/m0/s1. The Morgan fingerprint density at radius 2 is 1.85 bits per heavy atom. The number of esters is 1. The molecular weight excluding hydrogens is 256 g/mol. The van der Waals surface area contributed by atoms with Crippen LogP contribution >= 0.6 is 0 Å². The third kappa shape index (κ3) is 4.66. The van der Waals surface area contributed by atoms with Crippen LogP contribution in [0.2, 0.25) is 0 Å². The fourth-order valence-electron chi connectivity index (χ4n) is 1.89. The summed E-state index contributed by atoms with van der Waals surface area (Å²) in [4.78, 5) is 25.1. The highest BCUT2D eigenvalue weighted by atomic mass is 16.5. The van der Waals surface area contributed by atoms with Crippen LogP contribution in [-0.2, 0) is 20.7 Å². The number of rotatable bonds is 6. The maximum Gasteiger partial charge on any atom is 0.325 e. The molecule has 1 aromatic rings. The Kier molecular flexibility index (Phi) is 6.18. The van der Waals surface area contributed by atoms with E-state index in [0.29, 0.717) is 6.42 Å². The summed E-state index contributed by atoms with van der Waals surface area (Å²) in [7, 11) is 1.30. The fraction of sp³-hybridized carbons (Fsp3) is 0.467. The summed E-state index contributed by atoms with van der Waals surface area (Å²) in [6.45, 7) is 3.61. The number of hydrogen-bond donors (Lipinski definition) is 1. The van der Waals surface area contributed by atoms with Crippen LogP contribution in [0.4, 0.5) is 0 Å². The van der Waals surface area contributed by atoms with Crippen LogP contribution in [0.3, 0.4) is 0 Å². The summed E-state index contributed by atoms with van der Waals surface area (Å²) >= 11 is 0. The van der Waals surface area contributed by atoms with Gasteiger partial charge in [0, 0.05) is 6.04 Å². The van der Waals surface area contributed by atoms with Gasteiger partial charge in [-0.1, -0.05) is 30.3 Å². The van der Waals surface area contributed by atoms with Crippen LogP contribution in [0, 0.1) is 0 Å². The monoisotopic (exact) mass is 278 g/mol. The lowest BCUT2D eigenvalue weighted by Crippen LogP contribution is -2.49. The topological polar surface area (TPSA) is 72.6 Å². The van der Waals surface area contributed by atoms with E-state index in [9.17, 15) is 9.59 Å². The van der Waals surface area contributed by atoms with Gasteiger partial charge >= 0.3 is 5.97 Å². The van der Waals surface area contributed by atoms with E-state index in [1.165, 1.54) is 12.0 Å². The lowest BCUT2D eigenvalue weighted by Gasteiger charge is -2.28. The van der Waals surface area contributed by atoms with Crippen molar-refractivity contribution in [1.29, 1.82) is 0 Å². The van der Waals surface area contributed by atoms with Gasteiger partial charge in [-0.05, 0) is 25.8 Å². The average molecular weight is 278 g/mol. The second-order valence-corrected chi connectivity index (χ2v) is 4.93. The lowest BCUT2D eigenvalue weighted by molar-refractivity contribution is -0.148. The Balaban J connectivity index is 2.71. The minimum Gasteiger partial charge on any atom is -0.468 e. The van der Waals surface area contributed by atoms with Gasteiger partial charge in [0.15, 0.2) is 0 Å². The second-order valence-electron chi connectivity index (χ2n) is 4.93. The summed E-state index contributed by atoms with van der Waals surface area (Å²) in [6.07, 6.45) is 0.448. The largest absolute Gasteiger partial charge is 0.468 e. The number of benzene rings is 1. The van der Waals surface area contributed by atoms with E-state index in [-0.39, 0.29) is 18.5 Å². The third-order valence-corrected chi connectivity index (χ3v) is 3.05. The highest BCUT2D eigenvalue weighted by Gasteiger charge is 2.25. The summed E-state index contributed by atoms with van der Waals surface area (Å²) in [5.41, 5.74) is 6.96. The van der Waals surface area contributed by atoms with Crippen molar-refractivity contribution >= 4 is 11.9 Å². The van der Waals surface area contributed by atoms with E-state index < -0.39 is 12.0 Å². The lowest BCUT2D eigenvalue weighted by atomic mass is 10.1. The molecule has 0 unspecified atom stereocenters. The summed E-state index contributed by atoms with van der Waals surface area (Å²) < 4.78 is 4.61. The minimum atomic E-state index is -0.663. The molecule has 0 aliphatic carbocycles. The van der Waals surface area contributed by atoms with Gasteiger partial charge in [-0.2, -0.15) is 0 Å². The molecular formula is C15H22N2O3. The summed E-state index contributed by atoms with van der Waals surface area (Å²) in [6, 6.07) is 8.80. The molecule has 1 atom stereocenters. The molecule has 0 saturated carbocycles. The SMILES string of the molecule is COC(=O)CN(C(=O)[C@@H](N)Cc1ccccc1)C(C)C. The fourth-order valence-corrected chi connectivity index (χ4v) is 1.89. The molecule has 5 nitrogen and oxygen atoms in total. The van der Waals surface area contributed by atoms with Crippen LogP contribution in [0.25, 0.3) is 0 Å². The Labute approximate surface area is 119 Å². The number of carbonyl (C=O) groups excluding carboxylic acids is 2. The van der Waals surface area contributed by atoms with Gasteiger partial charge < -0.3 is 15.4 Å². The van der Waals surface area contributed by atoms with Gasteiger partial charge in [0.2, 0.25) is 5.91 Å². The van der Waals surface area contributed by atoms with Crippen molar-refractivity contribution in [2.75, 3.05) is 13.7 Å². The Bertz CT molecular complexity index is 446. The van der Waals surface area contributed by atoms with E-state index in [0.717, 1.165) is 5.56 Å². The second kappa shape index (κ2) is 7.65. The zero-order valence-corrected chi connectivity index (χ0v) is 12.2. The van der Waals surface area contributed by atoms with Crippen LogP contribution in [0.15, 0.2) is 30.3 Å². The molecule has 0 radical (unpaired) electrons. The zero-order chi connectivity index (χ0) is 15.1. The molecule has 110 valence electrons. The molecule has 1 aromatic carbocycles. The Morgan fingerprint density at radius 1 is 1.25 bits per heavy atom. The first-order valence-electron chi connectivity index (χ1n) is 6.62. The first kappa shape index (κ1) is 16.2. The molecule has 0 bridgehead atoms. The van der Waals surface area contributed by atoms with E-state index in [2.05, 4.69) is 4.74 Å². The van der Waals surface area contributed by atoms with Gasteiger partial charge in [0.25, 0.3) is 0 Å². The van der Waals surface area contributed by atoms with Gasteiger partial charge in [0.05, 0.1) is 13.2 Å². The predicted octanol–water partition coefficient (Wildman–Crippen LogP) is 0.966. The molecule has 1 amide bonds. The first-order chi connectivity index (χ1) is 9.45. The first-order valence-corrected chi connectivity index (χ1v) is 6.62. The van der Waals surface area contributed by atoms with Crippen LogP contribution in [0.1, 0.15) is 19.4 Å². The Hall–Kier alpha value is -1.88. The average Bonchev–Trinajstić information content (AvgIpc) is 2.44. The molecule has 0 aliphatic heterocycles. The van der Waals surface area contributed by atoms with Crippen LogP contribution in [-0.4, -0.2) is 42.5 Å². The quantitative estimate of drug-likeness (QED) is 0.787. The van der Waals surface area contributed by atoms with Gasteiger partial charge in [-0.25, -0.2) is 0 Å². The number of carbonyl (C=O) groups is 2. The minimum absolute atomic E-state index is 0.0739. The van der Waals surface area contributed by atoms with Crippen LogP contribution in [0.5, 0.6) is 0 Å². The number of nitrogens with zero attached hydrogens (tertiary/aromatic N) is 1. The number of nitrogens with two attached hydrogens (primary N) is 1. The van der Waals surface area contributed by atoms with Crippen molar-refractivity contribution in [3.63, 3.8) is 0 Å². The van der Waals surface area contributed by atoms with Crippen molar-refractivity contribution < 1.29 is 14.3 Å². The molecule has 0 saturated heterocycles. The van der Waals surface area contributed by atoms with E-state index >= 15 is 0 Å². The smallest absolute Gasteiger partial charge is 0.325 e. The molecule has 2 N–H and O–H groups in total. The molecule has 0 aromatic heterocycles. The van der Waals surface area contributed by atoms with Crippen LogP contribution < -0.4 is 5.73 Å². The predicted molar refractivity (Wildman–Crippen MR) is 77.0 cm³/mol. The van der Waals surface area contributed by atoms with Gasteiger partial charge in [-0.3, -0.25) is 9.59 Å². The Morgan fingerprint density at radius 3 is 2.35 bits per heavy atom. The number of methoxy groups -OCH3 is 1. The van der Waals surface area contributed by atoms with Crippen molar-refractivity contribution in [3.8, 4) is 0 Å². The van der Waals surface area contributed by atoms with Gasteiger partial charge in [-0.15, -0.1) is 0 Å². The van der Waals surface area contributed by atoms with Gasteiger partial charge in [0.1, 0.15) is 6.54 Å². The van der Waals surface area contributed by atoms with E-state index in [1.54, 1.807) is 0 Å². The molecule has 1 rings (SSSR count). The number of amides is 1. The van der Waals surface area contributed by atoms with Crippen molar-refractivity contribution in [3.05, 3.63) is 35.9 Å². The van der Waals surface area contributed by atoms with E-state index in [4.69, 9.17) is 5.73 Å². The van der Waals surface area contributed by atoms with Crippen molar-refractivity contribution in [2.24, 2.45) is 5.73 Å².